The van der Waals surface area contributed by atoms with Gasteiger partial charge in [0.15, 0.2) is 5.65 Å². The number of anilines is 1. The van der Waals surface area contributed by atoms with Crippen molar-refractivity contribution in [1.82, 2.24) is 14.6 Å². The Balaban J connectivity index is 2.15. The predicted octanol–water partition coefficient (Wildman–Crippen LogP) is 5.26. The first-order valence-electron chi connectivity index (χ1n) is 9.56. The van der Waals surface area contributed by atoms with Gasteiger partial charge in [0, 0.05) is 23.0 Å². The zero-order valence-electron chi connectivity index (χ0n) is 16.9. The van der Waals surface area contributed by atoms with Crippen LogP contribution < -0.4 is 5.32 Å². The quantitative estimate of drug-likeness (QED) is 0.405. The van der Waals surface area contributed by atoms with Gasteiger partial charge in [0.05, 0.1) is 12.8 Å². The molecule has 3 rings (SSSR count). The molecule has 0 spiro atoms. The van der Waals surface area contributed by atoms with Crippen LogP contribution in [0.3, 0.4) is 0 Å². The van der Waals surface area contributed by atoms with E-state index in [0.29, 0.717) is 34.0 Å². The summed E-state index contributed by atoms with van der Waals surface area (Å²) < 4.78 is 6.74. The van der Waals surface area contributed by atoms with Crippen LogP contribution in [0.5, 0.6) is 0 Å². The maximum atomic E-state index is 12.3. The molecule has 1 aromatic carbocycles. The number of carbonyl (C=O) groups excluding carboxylic acids is 1. The van der Waals surface area contributed by atoms with Crippen LogP contribution in [0.25, 0.3) is 5.65 Å². The van der Waals surface area contributed by atoms with Crippen LogP contribution in [-0.4, -0.2) is 33.2 Å². The number of hydrogen-bond acceptors (Lipinski definition) is 5. The van der Waals surface area contributed by atoms with Gasteiger partial charge in [0.25, 0.3) is 0 Å². The van der Waals surface area contributed by atoms with Crippen molar-refractivity contribution >= 4 is 40.6 Å². The van der Waals surface area contributed by atoms with Crippen LogP contribution in [-0.2, 0) is 11.2 Å². The smallest absolute Gasteiger partial charge is 0.343 e. The third kappa shape index (κ3) is 4.65. The number of aromatic nitrogens is 3. The number of carbonyl (C=O) groups is 1. The first-order chi connectivity index (χ1) is 13.8. The lowest BCUT2D eigenvalue weighted by Crippen LogP contribution is -2.24. The lowest BCUT2D eigenvalue weighted by molar-refractivity contribution is 0.0528. The van der Waals surface area contributed by atoms with Crippen LogP contribution in [0.15, 0.2) is 30.5 Å². The molecule has 6 nitrogen and oxygen atoms in total. The van der Waals surface area contributed by atoms with Gasteiger partial charge < -0.3 is 10.1 Å². The molecule has 0 fully saturated rings. The fraction of sp³-hybridized carbons (Fsp3) is 0.381. The van der Waals surface area contributed by atoms with Gasteiger partial charge >= 0.3 is 5.97 Å². The van der Waals surface area contributed by atoms with Gasteiger partial charge in [-0.25, -0.2) is 9.78 Å². The molecule has 8 heteroatoms. The summed E-state index contributed by atoms with van der Waals surface area (Å²) in [7, 11) is 0. The molecule has 3 aromatic rings. The van der Waals surface area contributed by atoms with Gasteiger partial charge in [-0.1, -0.05) is 49.2 Å². The molecule has 0 bridgehead atoms. The van der Waals surface area contributed by atoms with Gasteiger partial charge in [-0.05, 0) is 37.5 Å². The summed E-state index contributed by atoms with van der Waals surface area (Å²) in [6, 6.07) is 7.74. The molecule has 0 aliphatic carbocycles. The first kappa shape index (κ1) is 21.4. The van der Waals surface area contributed by atoms with Gasteiger partial charge in [0.1, 0.15) is 16.5 Å². The minimum Gasteiger partial charge on any atom is -0.462 e. The van der Waals surface area contributed by atoms with Gasteiger partial charge in [-0.15, -0.1) is 0 Å². The number of hydrogen-bond donors (Lipinski definition) is 1. The highest BCUT2D eigenvalue weighted by Gasteiger charge is 2.23. The zero-order valence-corrected chi connectivity index (χ0v) is 18.4. The highest BCUT2D eigenvalue weighted by Crippen LogP contribution is 2.30. The largest absolute Gasteiger partial charge is 0.462 e. The lowest BCUT2D eigenvalue weighted by atomic mass is 10.0. The topological polar surface area (TPSA) is 68.5 Å². The third-order valence-corrected chi connectivity index (χ3v) is 5.37. The highest BCUT2D eigenvalue weighted by atomic mass is 35.5. The van der Waals surface area contributed by atoms with E-state index in [0.717, 1.165) is 11.1 Å². The minimum absolute atomic E-state index is 0.144. The molecule has 0 amide bonds. The van der Waals surface area contributed by atoms with Crippen LogP contribution in [0, 0.1) is 5.92 Å². The summed E-state index contributed by atoms with van der Waals surface area (Å²) in [4.78, 5) is 16.8. The second-order valence-corrected chi connectivity index (χ2v) is 8.02. The number of nitrogens with one attached hydrogen (secondary N) is 1. The Kier molecular flexibility index (Phi) is 6.65. The zero-order chi connectivity index (χ0) is 21.1. The summed E-state index contributed by atoms with van der Waals surface area (Å²) >= 11 is 12.7. The molecule has 0 aliphatic heterocycles. The van der Waals surface area contributed by atoms with Crippen molar-refractivity contribution < 1.29 is 9.53 Å². The Morgan fingerprint density at radius 2 is 2.03 bits per heavy atom. The normalized spacial score (nSPS) is 12.4. The van der Waals surface area contributed by atoms with Crippen molar-refractivity contribution in [3.8, 4) is 0 Å². The fourth-order valence-electron chi connectivity index (χ4n) is 2.89. The van der Waals surface area contributed by atoms with Crippen molar-refractivity contribution in [2.45, 2.75) is 40.2 Å². The molecule has 0 saturated carbocycles. The monoisotopic (exact) mass is 434 g/mol. The van der Waals surface area contributed by atoms with Gasteiger partial charge in [-0.3, -0.25) is 0 Å². The van der Waals surface area contributed by atoms with Crippen LogP contribution in [0.2, 0.25) is 10.2 Å². The van der Waals surface area contributed by atoms with E-state index in [4.69, 9.17) is 27.9 Å². The molecular weight excluding hydrogens is 411 g/mol. The average Bonchev–Trinajstić information content (AvgIpc) is 3.08. The van der Waals surface area contributed by atoms with Crippen LogP contribution in [0.4, 0.5) is 5.82 Å². The van der Waals surface area contributed by atoms with E-state index in [2.05, 4.69) is 36.2 Å². The van der Waals surface area contributed by atoms with Crippen molar-refractivity contribution in [3.63, 3.8) is 0 Å². The number of fused-ring (bicyclic) bond motifs is 1. The van der Waals surface area contributed by atoms with Crippen molar-refractivity contribution in [1.29, 1.82) is 0 Å². The molecule has 0 aliphatic rings. The molecule has 2 heterocycles. The molecule has 0 unspecified atom stereocenters. The highest BCUT2D eigenvalue weighted by molar-refractivity contribution is 6.31. The maximum absolute atomic E-state index is 12.3. The Hall–Kier alpha value is -2.31. The second kappa shape index (κ2) is 9.01. The van der Waals surface area contributed by atoms with Crippen molar-refractivity contribution in [2.75, 3.05) is 11.9 Å². The van der Waals surface area contributed by atoms with Crippen LogP contribution in [0.1, 0.15) is 49.2 Å². The summed E-state index contributed by atoms with van der Waals surface area (Å²) in [5.74, 6) is 0.601. The number of nitrogens with zero attached hydrogens (tertiary/aromatic N) is 3. The molecule has 0 radical (unpaired) electrons. The summed E-state index contributed by atoms with van der Waals surface area (Å²) in [6.45, 7) is 8.36. The SMILES string of the molecule is CCOC(=O)c1cnn2c(N[C@@H](C)C(C)C)c(Cc3cccc(Cl)c3)c(Cl)nc12. The third-order valence-electron chi connectivity index (χ3n) is 4.82. The first-order valence-corrected chi connectivity index (χ1v) is 10.3. The van der Waals surface area contributed by atoms with E-state index in [1.165, 1.54) is 6.20 Å². The van der Waals surface area contributed by atoms with Crippen molar-refractivity contribution in [3.05, 3.63) is 57.3 Å². The average molecular weight is 435 g/mol. The second-order valence-electron chi connectivity index (χ2n) is 7.23. The van der Waals surface area contributed by atoms with Crippen molar-refractivity contribution in [2.24, 2.45) is 5.92 Å². The lowest BCUT2D eigenvalue weighted by Gasteiger charge is -2.22. The Morgan fingerprint density at radius 1 is 1.28 bits per heavy atom. The van der Waals surface area contributed by atoms with Gasteiger partial charge in [0.2, 0.25) is 0 Å². The van der Waals surface area contributed by atoms with Gasteiger partial charge in [-0.2, -0.15) is 9.61 Å². The summed E-state index contributed by atoms with van der Waals surface area (Å²) in [5.41, 5.74) is 2.43. The number of halogens is 2. The van der Waals surface area contributed by atoms with E-state index < -0.39 is 5.97 Å². The predicted molar refractivity (Wildman–Crippen MR) is 116 cm³/mol. The molecule has 29 heavy (non-hydrogen) atoms. The van der Waals surface area contributed by atoms with Crippen LogP contribution >= 0.6 is 23.2 Å². The molecule has 2 aromatic heterocycles. The van der Waals surface area contributed by atoms with E-state index in [-0.39, 0.29) is 18.2 Å². The summed E-state index contributed by atoms with van der Waals surface area (Å²) in [6.07, 6.45) is 1.98. The molecule has 1 atom stereocenters. The van der Waals surface area contributed by atoms with E-state index >= 15 is 0 Å². The minimum atomic E-state index is -0.475. The Bertz CT molecular complexity index is 1030. The van der Waals surface area contributed by atoms with E-state index in [1.807, 2.05) is 24.3 Å². The number of rotatable bonds is 7. The molecular formula is C21H24Cl2N4O2. The number of benzene rings is 1. The number of ether oxygens (including phenoxy) is 1. The summed E-state index contributed by atoms with van der Waals surface area (Å²) in [5, 5.41) is 8.87. The molecule has 0 saturated heterocycles. The molecule has 154 valence electrons. The number of esters is 1. The maximum Gasteiger partial charge on any atom is 0.343 e. The van der Waals surface area contributed by atoms with E-state index in [9.17, 15) is 4.79 Å². The Morgan fingerprint density at radius 3 is 2.69 bits per heavy atom. The standard InChI is InChI=1S/C21H24Cl2N4O2/c1-5-29-21(28)17-11-24-27-19(25-13(4)12(2)3)16(18(23)26-20(17)27)10-14-7-6-8-15(22)9-14/h6-9,11-13,25H,5,10H2,1-4H3/t13-/m0/s1. The fourth-order valence-corrected chi connectivity index (χ4v) is 3.34. The van der Waals surface area contributed by atoms with E-state index in [1.54, 1.807) is 11.4 Å². The Labute approximate surface area is 180 Å². The molecule has 1 N–H and O–H groups in total.